The Bertz CT molecular complexity index is 583. The van der Waals surface area contributed by atoms with Gasteiger partial charge in [-0.15, -0.1) is 0 Å². The van der Waals surface area contributed by atoms with Crippen LogP contribution in [0, 0.1) is 11.3 Å². The van der Waals surface area contributed by atoms with E-state index in [0.717, 1.165) is 5.56 Å². The van der Waals surface area contributed by atoms with E-state index in [9.17, 15) is 4.79 Å². The highest BCUT2D eigenvalue weighted by Crippen LogP contribution is 2.20. The number of likely N-dealkylation sites (N-methyl/N-ethyl adjacent to an activating group) is 2. The van der Waals surface area contributed by atoms with Gasteiger partial charge in [0.25, 0.3) is 5.91 Å². The van der Waals surface area contributed by atoms with E-state index < -0.39 is 0 Å². The zero-order valence-corrected chi connectivity index (χ0v) is 10.9. The molecule has 2 rings (SSSR count). The third kappa shape index (κ3) is 1.98. The predicted molar refractivity (Wildman–Crippen MR) is 72.3 cm³/mol. The quantitative estimate of drug-likeness (QED) is 0.566. The number of amides is 1. The summed E-state index contributed by atoms with van der Waals surface area (Å²) in [6.45, 7) is 0. The monoisotopic (exact) mass is 257 g/mol. The fraction of sp³-hybridized carbons (Fsp3) is 0.154. The second-order valence-corrected chi connectivity index (χ2v) is 4.33. The van der Waals surface area contributed by atoms with Gasteiger partial charge < -0.3 is 4.90 Å². The van der Waals surface area contributed by atoms with Crippen LogP contribution in [0.5, 0.6) is 0 Å². The van der Waals surface area contributed by atoms with E-state index in [1.165, 1.54) is 4.90 Å². The topological polar surface area (TPSA) is 47.3 Å². The Morgan fingerprint density at radius 2 is 1.83 bits per heavy atom. The number of carbonyl (C=O) groups is 1. The minimum absolute atomic E-state index is 0.119. The lowest BCUT2D eigenvalue weighted by Gasteiger charge is -2.11. The lowest BCUT2D eigenvalue weighted by Crippen LogP contribution is -2.26. The molecule has 0 bridgehead atoms. The zero-order chi connectivity index (χ0) is 13.3. The summed E-state index contributed by atoms with van der Waals surface area (Å²) in [6.07, 6.45) is 1.76. The van der Waals surface area contributed by atoms with Crippen LogP contribution in [-0.4, -0.2) is 34.9 Å². The van der Waals surface area contributed by atoms with Crippen molar-refractivity contribution in [3.8, 4) is 6.07 Å². The molecule has 1 aromatic rings. The second kappa shape index (κ2) is 4.59. The highest BCUT2D eigenvalue weighted by atomic mass is 32.1. The molecule has 1 aromatic carbocycles. The van der Waals surface area contributed by atoms with Crippen LogP contribution < -0.4 is 0 Å². The Balaban J connectivity index is 2.36. The summed E-state index contributed by atoms with van der Waals surface area (Å²) in [6, 6.07) is 9.08. The van der Waals surface area contributed by atoms with Gasteiger partial charge in [0, 0.05) is 14.1 Å². The molecule has 1 aliphatic heterocycles. The first-order valence-electron chi connectivity index (χ1n) is 5.32. The van der Waals surface area contributed by atoms with E-state index >= 15 is 0 Å². The Labute approximate surface area is 111 Å². The van der Waals surface area contributed by atoms with Crippen molar-refractivity contribution in [3.63, 3.8) is 0 Å². The molecule has 0 saturated carbocycles. The number of thiocarbonyl (C=S) groups is 1. The van der Waals surface area contributed by atoms with Gasteiger partial charge in [-0.25, -0.2) is 0 Å². The lowest BCUT2D eigenvalue weighted by molar-refractivity contribution is -0.121. The molecule has 1 fully saturated rings. The molecule has 18 heavy (non-hydrogen) atoms. The third-order valence-electron chi connectivity index (χ3n) is 2.80. The number of hydrogen-bond acceptors (Lipinski definition) is 3. The Morgan fingerprint density at radius 3 is 2.28 bits per heavy atom. The fourth-order valence-corrected chi connectivity index (χ4v) is 1.88. The zero-order valence-electron chi connectivity index (χ0n) is 10.0. The Kier molecular flexibility index (Phi) is 3.13. The summed E-state index contributed by atoms with van der Waals surface area (Å²) in [7, 11) is 3.42. The van der Waals surface area contributed by atoms with Gasteiger partial charge in [-0.3, -0.25) is 9.69 Å². The van der Waals surface area contributed by atoms with Gasteiger partial charge in [-0.1, -0.05) is 12.1 Å². The molecule has 1 amide bonds. The first kappa shape index (κ1) is 12.3. The van der Waals surface area contributed by atoms with E-state index in [0.29, 0.717) is 16.4 Å². The standard InChI is InChI=1S/C13H11N3OS/c1-15-11(12(17)16(2)13(15)18)7-9-3-5-10(8-14)6-4-9/h3-7H,1-2H3. The van der Waals surface area contributed by atoms with Crippen molar-refractivity contribution in [2.24, 2.45) is 0 Å². The molecule has 4 nitrogen and oxygen atoms in total. The molecule has 0 unspecified atom stereocenters. The normalized spacial score (nSPS) is 17.5. The molecule has 1 aliphatic rings. The van der Waals surface area contributed by atoms with Crippen LogP contribution in [0.3, 0.4) is 0 Å². The van der Waals surface area contributed by atoms with Gasteiger partial charge in [-0.05, 0) is 36.0 Å². The number of carbonyl (C=O) groups excluding carboxylic acids is 1. The van der Waals surface area contributed by atoms with Crippen molar-refractivity contribution in [1.29, 1.82) is 5.26 Å². The summed E-state index contributed by atoms with van der Waals surface area (Å²) >= 11 is 5.12. The number of benzene rings is 1. The summed E-state index contributed by atoms with van der Waals surface area (Å²) in [5, 5.41) is 9.20. The van der Waals surface area contributed by atoms with Gasteiger partial charge in [0.1, 0.15) is 5.70 Å². The molecule has 0 spiro atoms. The fourth-order valence-electron chi connectivity index (χ4n) is 1.70. The van der Waals surface area contributed by atoms with Crippen LogP contribution in [0.15, 0.2) is 30.0 Å². The largest absolute Gasteiger partial charge is 0.317 e. The van der Waals surface area contributed by atoms with Gasteiger partial charge in [0.15, 0.2) is 5.11 Å². The Hall–Kier alpha value is -2.19. The van der Waals surface area contributed by atoms with Crippen LogP contribution in [0.1, 0.15) is 11.1 Å². The van der Waals surface area contributed by atoms with E-state index in [2.05, 4.69) is 6.07 Å². The second-order valence-electron chi connectivity index (χ2n) is 3.97. The van der Waals surface area contributed by atoms with Crippen molar-refractivity contribution < 1.29 is 4.79 Å². The third-order valence-corrected chi connectivity index (χ3v) is 3.35. The van der Waals surface area contributed by atoms with E-state index in [4.69, 9.17) is 17.5 Å². The number of nitriles is 1. The Morgan fingerprint density at radius 1 is 1.22 bits per heavy atom. The smallest absolute Gasteiger partial charge is 0.276 e. The molecule has 0 N–H and O–H groups in total. The summed E-state index contributed by atoms with van der Waals surface area (Å²) < 4.78 is 0. The average molecular weight is 257 g/mol. The van der Waals surface area contributed by atoms with Crippen molar-refractivity contribution in [1.82, 2.24) is 9.80 Å². The molecule has 0 radical (unpaired) electrons. The first-order valence-corrected chi connectivity index (χ1v) is 5.73. The highest BCUT2D eigenvalue weighted by Gasteiger charge is 2.32. The molecule has 1 saturated heterocycles. The molecule has 90 valence electrons. The van der Waals surface area contributed by atoms with Crippen LogP contribution in [0.2, 0.25) is 0 Å². The van der Waals surface area contributed by atoms with Crippen LogP contribution in [-0.2, 0) is 4.79 Å². The van der Waals surface area contributed by atoms with Gasteiger partial charge in [0.05, 0.1) is 11.6 Å². The van der Waals surface area contributed by atoms with E-state index in [1.54, 1.807) is 49.3 Å². The predicted octanol–water partition coefficient (Wildman–Crippen LogP) is 1.59. The van der Waals surface area contributed by atoms with Crippen molar-refractivity contribution in [3.05, 3.63) is 41.1 Å². The molecular formula is C13H11N3OS. The molecule has 0 aliphatic carbocycles. The van der Waals surface area contributed by atoms with Gasteiger partial charge >= 0.3 is 0 Å². The average Bonchev–Trinajstić information content (AvgIpc) is 2.57. The maximum atomic E-state index is 11.9. The van der Waals surface area contributed by atoms with Crippen LogP contribution in [0.4, 0.5) is 0 Å². The highest BCUT2D eigenvalue weighted by molar-refractivity contribution is 7.80. The number of nitrogens with zero attached hydrogens (tertiary/aromatic N) is 3. The number of hydrogen-bond donors (Lipinski definition) is 0. The van der Waals surface area contributed by atoms with Crippen molar-refractivity contribution in [2.45, 2.75) is 0 Å². The number of rotatable bonds is 1. The molecular weight excluding hydrogens is 246 g/mol. The van der Waals surface area contributed by atoms with Crippen LogP contribution in [0.25, 0.3) is 6.08 Å². The molecule has 1 heterocycles. The molecule has 0 aromatic heterocycles. The van der Waals surface area contributed by atoms with Gasteiger partial charge in [-0.2, -0.15) is 5.26 Å². The van der Waals surface area contributed by atoms with Gasteiger partial charge in [0.2, 0.25) is 0 Å². The van der Waals surface area contributed by atoms with Crippen LogP contribution >= 0.6 is 12.2 Å². The van der Waals surface area contributed by atoms with Crippen molar-refractivity contribution >= 4 is 29.3 Å². The maximum Gasteiger partial charge on any atom is 0.276 e. The molecule has 0 atom stereocenters. The van der Waals surface area contributed by atoms with E-state index in [-0.39, 0.29) is 5.91 Å². The minimum atomic E-state index is -0.119. The summed E-state index contributed by atoms with van der Waals surface area (Å²) in [4.78, 5) is 15.0. The maximum absolute atomic E-state index is 11.9. The SMILES string of the molecule is CN1C(=O)C(=Cc2ccc(C#N)cc2)N(C)C1=S. The van der Waals surface area contributed by atoms with E-state index in [1.807, 2.05) is 0 Å². The minimum Gasteiger partial charge on any atom is -0.317 e. The lowest BCUT2D eigenvalue weighted by atomic mass is 10.1. The summed E-state index contributed by atoms with van der Waals surface area (Å²) in [5.41, 5.74) is 1.99. The summed E-state index contributed by atoms with van der Waals surface area (Å²) in [5.74, 6) is -0.119. The molecule has 5 heteroatoms. The first-order chi connectivity index (χ1) is 8.54. The van der Waals surface area contributed by atoms with Crippen molar-refractivity contribution in [2.75, 3.05) is 14.1 Å².